The Labute approximate surface area is 136 Å². The van der Waals surface area contributed by atoms with Crippen molar-refractivity contribution in [3.05, 3.63) is 72.4 Å². The molecule has 0 aliphatic carbocycles. The lowest BCUT2D eigenvalue weighted by atomic mass is 10.1. The molecule has 2 unspecified atom stereocenters. The predicted molar refractivity (Wildman–Crippen MR) is 87.7 cm³/mol. The molecule has 5 heteroatoms. The van der Waals surface area contributed by atoms with Crippen molar-refractivity contribution in [3.8, 4) is 0 Å². The average molecular weight is 332 g/mol. The van der Waals surface area contributed by atoms with Crippen molar-refractivity contribution < 1.29 is 12.8 Å². The van der Waals surface area contributed by atoms with Gasteiger partial charge in [-0.15, -0.1) is 0 Å². The Morgan fingerprint density at radius 1 is 1.04 bits per heavy atom. The standard InChI is InChI=1S/C18H19FNO2S/c1-13-3-10-17(11-4-13)23(21,22)20-14(2)5-12-18(20)15-6-8-16(19)9-7-15/h3-4,6-11,14,18H,2,5,12H2,1H3. The van der Waals surface area contributed by atoms with E-state index in [4.69, 9.17) is 0 Å². The van der Waals surface area contributed by atoms with E-state index in [0.29, 0.717) is 12.8 Å². The summed E-state index contributed by atoms with van der Waals surface area (Å²) in [6.07, 6.45) is 1.37. The molecule has 1 aliphatic rings. The zero-order valence-electron chi connectivity index (χ0n) is 12.9. The molecule has 0 amide bonds. The highest BCUT2D eigenvalue weighted by Gasteiger charge is 2.40. The first kappa shape index (κ1) is 16.1. The van der Waals surface area contributed by atoms with Crippen LogP contribution in [0, 0.1) is 19.7 Å². The lowest BCUT2D eigenvalue weighted by Crippen LogP contribution is -2.36. The molecule has 23 heavy (non-hydrogen) atoms. The molecule has 3 nitrogen and oxygen atoms in total. The fourth-order valence-electron chi connectivity index (χ4n) is 3.05. The smallest absolute Gasteiger partial charge is 0.207 e. The van der Waals surface area contributed by atoms with Gasteiger partial charge in [-0.3, -0.25) is 0 Å². The first-order valence-electron chi connectivity index (χ1n) is 7.58. The zero-order valence-corrected chi connectivity index (χ0v) is 13.8. The number of nitrogens with zero attached hydrogens (tertiary/aromatic N) is 1. The molecular formula is C18H19FNO2S. The van der Waals surface area contributed by atoms with Gasteiger partial charge in [0.25, 0.3) is 0 Å². The summed E-state index contributed by atoms with van der Waals surface area (Å²) < 4.78 is 40.6. The molecule has 1 heterocycles. The largest absolute Gasteiger partial charge is 0.243 e. The molecule has 121 valence electrons. The molecule has 0 bridgehead atoms. The van der Waals surface area contributed by atoms with Gasteiger partial charge in [0.15, 0.2) is 0 Å². The second-order valence-electron chi connectivity index (χ2n) is 5.95. The summed E-state index contributed by atoms with van der Waals surface area (Å²) in [6.45, 7) is 5.91. The Kier molecular flexibility index (Phi) is 4.25. The molecule has 3 rings (SSSR count). The summed E-state index contributed by atoms with van der Waals surface area (Å²) in [4.78, 5) is 0.269. The molecule has 0 saturated carbocycles. The molecule has 1 radical (unpaired) electrons. The van der Waals surface area contributed by atoms with Gasteiger partial charge in [0.1, 0.15) is 5.82 Å². The van der Waals surface area contributed by atoms with E-state index in [9.17, 15) is 12.8 Å². The van der Waals surface area contributed by atoms with Crippen LogP contribution in [0.1, 0.15) is 30.0 Å². The molecule has 1 aliphatic heterocycles. The van der Waals surface area contributed by atoms with Gasteiger partial charge in [0.05, 0.1) is 10.9 Å². The van der Waals surface area contributed by atoms with Crippen molar-refractivity contribution in [2.24, 2.45) is 0 Å². The first-order valence-corrected chi connectivity index (χ1v) is 9.02. The highest BCUT2D eigenvalue weighted by atomic mass is 32.2. The quantitative estimate of drug-likeness (QED) is 0.856. The van der Waals surface area contributed by atoms with Crippen LogP contribution < -0.4 is 0 Å². The Balaban J connectivity index is 2.00. The van der Waals surface area contributed by atoms with Gasteiger partial charge in [0, 0.05) is 6.04 Å². The van der Waals surface area contributed by atoms with Crippen molar-refractivity contribution in [3.63, 3.8) is 0 Å². The minimum Gasteiger partial charge on any atom is -0.207 e. The van der Waals surface area contributed by atoms with Gasteiger partial charge in [-0.2, -0.15) is 4.31 Å². The van der Waals surface area contributed by atoms with E-state index in [1.165, 1.54) is 16.4 Å². The van der Waals surface area contributed by atoms with Crippen LogP contribution in [-0.4, -0.2) is 18.8 Å². The van der Waals surface area contributed by atoms with E-state index in [-0.39, 0.29) is 22.8 Å². The summed E-state index contributed by atoms with van der Waals surface area (Å²) in [6, 6.07) is 12.2. The third-order valence-corrected chi connectivity index (χ3v) is 6.27. The van der Waals surface area contributed by atoms with Gasteiger partial charge in [-0.05, 0) is 56.5 Å². The van der Waals surface area contributed by atoms with Gasteiger partial charge >= 0.3 is 0 Å². The maximum Gasteiger partial charge on any atom is 0.243 e. The van der Waals surface area contributed by atoms with E-state index < -0.39 is 10.0 Å². The summed E-state index contributed by atoms with van der Waals surface area (Å²) in [5.41, 5.74) is 1.81. The summed E-state index contributed by atoms with van der Waals surface area (Å²) in [7, 11) is -3.64. The Hall–Kier alpha value is -1.72. The first-order chi connectivity index (χ1) is 10.9. The minimum atomic E-state index is -3.64. The molecule has 0 N–H and O–H groups in total. The highest BCUT2D eigenvalue weighted by molar-refractivity contribution is 7.89. The van der Waals surface area contributed by atoms with E-state index in [2.05, 4.69) is 6.92 Å². The highest BCUT2D eigenvalue weighted by Crippen LogP contribution is 2.40. The second kappa shape index (κ2) is 6.06. The van der Waals surface area contributed by atoms with Crippen LogP contribution in [0.5, 0.6) is 0 Å². The fourth-order valence-corrected chi connectivity index (χ4v) is 4.84. The van der Waals surface area contributed by atoms with Crippen molar-refractivity contribution >= 4 is 10.0 Å². The van der Waals surface area contributed by atoms with Crippen LogP contribution in [0.25, 0.3) is 0 Å². The Morgan fingerprint density at radius 3 is 2.26 bits per heavy atom. The normalized spacial score (nSPS) is 22.4. The van der Waals surface area contributed by atoms with Gasteiger partial charge in [-0.1, -0.05) is 29.8 Å². The minimum absolute atomic E-state index is 0.269. The van der Waals surface area contributed by atoms with Crippen molar-refractivity contribution in [1.29, 1.82) is 0 Å². The number of benzene rings is 2. The lowest BCUT2D eigenvalue weighted by molar-refractivity contribution is 0.357. The fraction of sp³-hybridized carbons (Fsp3) is 0.278. The molecular weight excluding hydrogens is 313 g/mol. The summed E-state index contributed by atoms with van der Waals surface area (Å²) >= 11 is 0. The van der Waals surface area contributed by atoms with E-state index in [1.54, 1.807) is 36.4 Å². The van der Waals surface area contributed by atoms with Crippen LogP contribution in [0.4, 0.5) is 4.39 Å². The third-order valence-electron chi connectivity index (χ3n) is 4.29. The molecule has 2 aromatic carbocycles. The van der Waals surface area contributed by atoms with Crippen LogP contribution in [0.2, 0.25) is 0 Å². The van der Waals surface area contributed by atoms with Crippen molar-refractivity contribution in [2.45, 2.75) is 36.7 Å². The van der Waals surface area contributed by atoms with E-state index in [0.717, 1.165) is 11.1 Å². The third kappa shape index (κ3) is 3.03. The van der Waals surface area contributed by atoms with Crippen molar-refractivity contribution in [2.75, 3.05) is 0 Å². The number of sulfonamides is 1. The molecule has 1 fully saturated rings. The Bertz CT molecular complexity index is 785. The number of rotatable bonds is 3. The van der Waals surface area contributed by atoms with Crippen LogP contribution >= 0.6 is 0 Å². The van der Waals surface area contributed by atoms with Crippen LogP contribution in [0.15, 0.2) is 53.4 Å². The maximum atomic E-state index is 13.1. The predicted octanol–water partition coefficient (Wildman–Crippen LogP) is 3.86. The second-order valence-corrected chi connectivity index (χ2v) is 7.79. The van der Waals surface area contributed by atoms with Gasteiger partial charge in [-0.25, -0.2) is 12.8 Å². The molecule has 0 aromatic heterocycles. The molecule has 1 saturated heterocycles. The average Bonchev–Trinajstić information content (AvgIpc) is 2.91. The molecule has 0 spiro atoms. The van der Waals surface area contributed by atoms with E-state index >= 15 is 0 Å². The monoisotopic (exact) mass is 332 g/mol. The van der Waals surface area contributed by atoms with Crippen molar-refractivity contribution in [1.82, 2.24) is 4.31 Å². The molecule has 2 aromatic rings. The van der Waals surface area contributed by atoms with Crippen LogP contribution in [0.3, 0.4) is 0 Å². The summed E-state index contributed by atoms with van der Waals surface area (Å²) in [5.74, 6) is -0.328. The summed E-state index contributed by atoms with van der Waals surface area (Å²) in [5, 5.41) is 0. The zero-order chi connectivity index (χ0) is 16.6. The number of halogens is 1. The number of aryl methyl sites for hydroxylation is 1. The SMILES string of the molecule is [CH2]C1CCC(c2ccc(F)cc2)N1S(=O)(=O)c1ccc(C)cc1. The van der Waals surface area contributed by atoms with Gasteiger partial charge < -0.3 is 0 Å². The Morgan fingerprint density at radius 2 is 1.65 bits per heavy atom. The number of hydrogen-bond donors (Lipinski definition) is 0. The van der Waals surface area contributed by atoms with E-state index in [1.807, 2.05) is 6.92 Å². The number of hydrogen-bond acceptors (Lipinski definition) is 2. The lowest BCUT2D eigenvalue weighted by Gasteiger charge is -2.28. The topological polar surface area (TPSA) is 37.4 Å². The molecule has 2 atom stereocenters. The maximum absolute atomic E-state index is 13.1. The van der Waals surface area contributed by atoms with Crippen LogP contribution in [-0.2, 0) is 10.0 Å². The van der Waals surface area contributed by atoms with Gasteiger partial charge in [0.2, 0.25) is 10.0 Å².